The van der Waals surface area contributed by atoms with E-state index in [9.17, 15) is 14.4 Å². The van der Waals surface area contributed by atoms with E-state index in [0.29, 0.717) is 5.06 Å². The Labute approximate surface area is 140 Å². The van der Waals surface area contributed by atoms with Crippen LogP contribution in [0.25, 0.3) is 0 Å². The van der Waals surface area contributed by atoms with Gasteiger partial charge in [0.2, 0.25) is 5.91 Å². The highest BCUT2D eigenvalue weighted by Crippen LogP contribution is 2.06. The van der Waals surface area contributed by atoms with E-state index in [1.165, 1.54) is 0 Å². The highest BCUT2D eigenvalue weighted by Gasteiger charge is 2.24. The molecule has 0 saturated carbocycles. The van der Waals surface area contributed by atoms with E-state index in [2.05, 4.69) is 5.32 Å². The predicted octanol–water partition coefficient (Wildman–Crippen LogP) is 1.71. The third-order valence-corrected chi connectivity index (χ3v) is 3.07. The van der Waals surface area contributed by atoms with Crippen LogP contribution in [0.1, 0.15) is 25.8 Å². The summed E-state index contributed by atoms with van der Waals surface area (Å²) >= 11 is 0. The van der Waals surface area contributed by atoms with Gasteiger partial charge in [-0.1, -0.05) is 44.2 Å². The summed E-state index contributed by atoms with van der Waals surface area (Å²) < 4.78 is 0. The molecule has 0 heterocycles. The van der Waals surface area contributed by atoms with Crippen molar-refractivity contribution in [1.29, 1.82) is 0 Å². The van der Waals surface area contributed by atoms with Crippen molar-refractivity contribution in [1.82, 2.24) is 10.4 Å². The highest BCUT2D eigenvalue weighted by atomic mass is 16.7. The van der Waals surface area contributed by atoms with Crippen molar-refractivity contribution in [3.8, 4) is 0 Å². The van der Waals surface area contributed by atoms with Crippen LogP contribution in [0.2, 0.25) is 0 Å². The molecule has 1 aromatic rings. The summed E-state index contributed by atoms with van der Waals surface area (Å²) in [6.07, 6.45) is -1.18. The van der Waals surface area contributed by atoms with Gasteiger partial charge in [-0.25, -0.2) is 9.59 Å². The number of rotatable bonds is 9. The van der Waals surface area contributed by atoms with Gasteiger partial charge in [-0.05, 0) is 17.9 Å². The molecule has 0 unspecified atom stereocenters. The van der Waals surface area contributed by atoms with Crippen LogP contribution in [-0.2, 0) is 21.0 Å². The zero-order chi connectivity index (χ0) is 18.1. The lowest BCUT2D eigenvalue weighted by Crippen LogP contribution is -2.47. The molecule has 0 bridgehead atoms. The number of carboxylic acid groups (broad SMARTS) is 2. The quantitative estimate of drug-likeness (QED) is 0.590. The molecular formula is C16H22N2O6. The smallest absolute Gasteiger partial charge is 0.431 e. The number of nitrogens with one attached hydrogen (secondary N) is 1. The van der Waals surface area contributed by atoms with E-state index in [1.807, 2.05) is 19.9 Å². The molecule has 2 amide bonds. The number of carbonyl (C=O) groups excluding carboxylic acids is 1. The Kier molecular flexibility index (Phi) is 7.70. The molecular weight excluding hydrogens is 316 g/mol. The van der Waals surface area contributed by atoms with Gasteiger partial charge >= 0.3 is 12.1 Å². The SMILES string of the molecule is CC(C)C[C@H](NC(=O)CN(OCc1ccccc1)C(=O)O)C(=O)O. The number of carboxylic acids is 1. The minimum absolute atomic E-state index is 0.0191. The Bertz CT molecular complexity index is 561. The summed E-state index contributed by atoms with van der Waals surface area (Å²) in [6.45, 7) is 3.03. The average molecular weight is 338 g/mol. The van der Waals surface area contributed by atoms with Gasteiger partial charge < -0.3 is 15.5 Å². The van der Waals surface area contributed by atoms with Gasteiger partial charge in [0.15, 0.2) is 0 Å². The second-order valence-electron chi connectivity index (χ2n) is 5.67. The van der Waals surface area contributed by atoms with Crippen molar-refractivity contribution in [2.45, 2.75) is 32.9 Å². The zero-order valence-corrected chi connectivity index (χ0v) is 13.6. The van der Waals surface area contributed by atoms with Crippen molar-refractivity contribution in [2.75, 3.05) is 6.54 Å². The number of benzene rings is 1. The standard InChI is InChI=1S/C16H22N2O6/c1-11(2)8-13(15(20)21)17-14(19)9-18(16(22)23)24-10-12-6-4-3-5-7-12/h3-7,11,13H,8-10H2,1-2H3,(H,17,19)(H,20,21)(H,22,23)/t13-/m0/s1. The third kappa shape index (κ3) is 7.10. The molecule has 0 saturated heterocycles. The average Bonchev–Trinajstić information content (AvgIpc) is 2.51. The van der Waals surface area contributed by atoms with Crippen molar-refractivity contribution >= 4 is 18.0 Å². The Hall–Kier alpha value is -2.61. The molecule has 8 heteroatoms. The van der Waals surface area contributed by atoms with Crippen LogP contribution in [0.15, 0.2) is 30.3 Å². The molecule has 0 radical (unpaired) electrons. The molecule has 0 spiro atoms. The second kappa shape index (κ2) is 9.51. The first kappa shape index (κ1) is 19.4. The van der Waals surface area contributed by atoms with Crippen molar-refractivity contribution < 1.29 is 29.4 Å². The normalized spacial score (nSPS) is 11.8. The van der Waals surface area contributed by atoms with Crippen LogP contribution in [0, 0.1) is 5.92 Å². The Morgan fingerprint density at radius 1 is 1.17 bits per heavy atom. The fourth-order valence-corrected chi connectivity index (χ4v) is 1.96. The lowest BCUT2D eigenvalue weighted by Gasteiger charge is -2.21. The van der Waals surface area contributed by atoms with E-state index < -0.39 is 30.6 Å². The summed E-state index contributed by atoms with van der Waals surface area (Å²) in [5.41, 5.74) is 0.743. The first-order valence-electron chi connectivity index (χ1n) is 7.49. The molecule has 0 aliphatic carbocycles. The van der Waals surface area contributed by atoms with Crippen LogP contribution in [0.4, 0.5) is 4.79 Å². The lowest BCUT2D eigenvalue weighted by molar-refractivity contribution is -0.157. The van der Waals surface area contributed by atoms with Crippen LogP contribution < -0.4 is 5.32 Å². The summed E-state index contributed by atoms with van der Waals surface area (Å²) in [5.74, 6) is -1.83. The Morgan fingerprint density at radius 3 is 2.29 bits per heavy atom. The van der Waals surface area contributed by atoms with Crippen LogP contribution in [0.5, 0.6) is 0 Å². The topological polar surface area (TPSA) is 116 Å². The maximum absolute atomic E-state index is 11.9. The number of hydrogen-bond acceptors (Lipinski definition) is 4. The predicted molar refractivity (Wildman–Crippen MR) is 85.0 cm³/mol. The Morgan fingerprint density at radius 2 is 1.79 bits per heavy atom. The monoisotopic (exact) mass is 338 g/mol. The minimum atomic E-state index is -1.43. The van der Waals surface area contributed by atoms with Crippen LogP contribution in [-0.4, -0.2) is 45.8 Å². The van der Waals surface area contributed by atoms with Gasteiger partial charge in [0, 0.05) is 0 Å². The van der Waals surface area contributed by atoms with Crippen LogP contribution in [0.3, 0.4) is 0 Å². The molecule has 1 atom stereocenters. The fraction of sp³-hybridized carbons (Fsp3) is 0.438. The zero-order valence-electron chi connectivity index (χ0n) is 13.6. The number of hydroxylamine groups is 2. The maximum atomic E-state index is 11.9. The molecule has 0 fully saturated rings. The molecule has 0 aliphatic rings. The molecule has 8 nitrogen and oxygen atoms in total. The van der Waals surface area contributed by atoms with Gasteiger partial charge in [0.25, 0.3) is 0 Å². The van der Waals surface area contributed by atoms with Gasteiger partial charge in [-0.2, -0.15) is 5.06 Å². The second-order valence-corrected chi connectivity index (χ2v) is 5.67. The Balaban J connectivity index is 2.58. The van der Waals surface area contributed by atoms with E-state index in [0.717, 1.165) is 5.56 Å². The summed E-state index contributed by atoms with van der Waals surface area (Å²) in [7, 11) is 0. The van der Waals surface area contributed by atoms with Crippen molar-refractivity contribution in [3.05, 3.63) is 35.9 Å². The molecule has 132 valence electrons. The molecule has 1 rings (SSSR count). The molecule has 3 N–H and O–H groups in total. The van der Waals surface area contributed by atoms with Crippen LogP contribution >= 0.6 is 0 Å². The molecule has 0 aromatic heterocycles. The first-order chi connectivity index (χ1) is 11.3. The summed E-state index contributed by atoms with van der Waals surface area (Å²) in [5, 5.41) is 21.0. The summed E-state index contributed by atoms with van der Waals surface area (Å²) in [6, 6.07) is 7.81. The fourth-order valence-electron chi connectivity index (χ4n) is 1.96. The van der Waals surface area contributed by atoms with Gasteiger partial charge in [-0.15, -0.1) is 0 Å². The third-order valence-electron chi connectivity index (χ3n) is 3.07. The van der Waals surface area contributed by atoms with E-state index in [-0.39, 0.29) is 18.9 Å². The molecule has 1 aromatic carbocycles. The summed E-state index contributed by atoms with van der Waals surface area (Å²) in [4.78, 5) is 39.3. The molecule has 24 heavy (non-hydrogen) atoms. The van der Waals surface area contributed by atoms with Crippen molar-refractivity contribution in [2.24, 2.45) is 5.92 Å². The maximum Gasteiger partial charge on any atom is 0.431 e. The lowest BCUT2D eigenvalue weighted by atomic mass is 10.0. The number of hydrogen-bond donors (Lipinski definition) is 3. The highest BCUT2D eigenvalue weighted by molar-refractivity contribution is 5.86. The van der Waals surface area contributed by atoms with Gasteiger partial charge in [0.05, 0.1) is 0 Å². The van der Waals surface area contributed by atoms with E-state index in [4.69, 9.17) is 15.1 Å². The van der Waals surface area contributed by atoms with E-state index in [1.54, 1.807) is 24.3 Å². The minimum Gasteiger partial charge on any atom is -0.480 e. The van der Waals surface area contributed by atoms with Crippen molar-refractivity contribution in [3.63, 3.8) is 0 Å². The van der Waals surface area contributed by atoms with Gasteiger partial charge in [0.1, 0.15) is 19.2 Å². The first-order valence-corrected chi connectivity index (χ1v) is 7.49. The largest absolute Gasteiger partial charge is 0.480 e. The number of carbonyl (C=O) groups is 3. The number of nitrogens with zero attached hydrogens (tertiary/aromatic N) is 1. The number of amides is 2. The van der Waals surface area contributed by atoms with E-state index >= 15 is 0 Å². The molecule has 0 aliphatic heterocycles. The number of aliphatic carboxylic acids is 1. The van der Waals surface area contributed by atoms with Gasteiger partial charge in [-0.3, -0.25) is 9.63 Å².